The number of carbonyl (C=O) groups excluding carboxylic acids is 1. The van der Waals surface area contributed by atoms with Gasteiger partial charge in [0, 0.05) is 54.0 Å². The number of aryl methyl sites for hydroxylation is 2. The van der Waals surface area contributed by atoms with Gasteiger partial charge in [-0.3, -0.25) is 4.79 Å². The molecule has 236 valence electrons. The number of methoxy groups -OCH3 is 1. The summed E-state index contributed by atoms with van der Waals surface area (Å²) in [6.07, 6.45) is 10.9. The number of aliphatic carboxylic acids is 1. The molecule has 9 heteroatoms. The number of hydrogen-bond donors (Lipinski definition) is 2. The monoisotopic (exact) mass is 617 g/mol. The fourth-order valence-electron chi connectivity index (χ4n) is 7.49. The molecule has 2 fully saturated rings. The van der Waals surface area contributed by atoms with Crippen LogP contribution in [0.4, 0.5) is 0 Å². The number of carboxylic acid groups (broad SMARTS) is 1. The van der Waals surface area contributed by atoms with E-state index in [9.17, 15) is 14.7 Å². The lowest BCUT2D eigenvalue weighted by molar-refractivity contribution is -0.132. The third-order valence-corrected chi connectivity index (χ3v) is 10.1. The molecule has 0 bridgehead atoms. The summed E-state index contributed by atoms with van der Waals surface area (Å²) in [6.45, 7) is 1.58. The maximum atomic E-state index is 14.0. The van der Waals surface area contributed by atoms with Gasteiger partial charge in [0.05, 0.1) is 29.4 Å². The van der Waals surface area contributed by atoms with E-state index in [1.165, 1.54) is 23.8 Å². The molecule has 5 aromatic rings. The van der Waals surface area contributed by atoms with Crippen LogP contribution < -0.4 is 10.1 Å². The lowest BCUT2D eigenvalue weighted by atomic mass is 9.75. The van der Waals surface area contributed by atoms with E-state index in [0.29, 0.717) is 17.4 Å². The number of aromatic nitrogens is 4. The number of benzene rings is 2. The quantitative estimate of drug-likeness (QED) is 0.180. The average molecular weight is 618 g/mol. The predicted molar refractivity (Wildman–Crippen MR) is 179 cm³/mol. The molecule has 0 radical (unpaired) electrons. The highest BCUT2D eigenvalue weighted by Crippen LogP contribution is 2.45. The smallest absolute Gasteiger partial charge is 0.331 e. The fraction of sp³-hybridized carbons (Fsp3) is 0.351. The highest BCUT2D eigenvalue weighted by atomic mass is 16.5. The summed E-state index contributed by atoms with van der Waals surface area (Å²) in [5.74, 6) is 0.807. The first-order valence-corrected chi connectivity index (χ1v) is 16.0. The zero-order chi connectivity index (χ0) is 32.2. The first-order chi connectivity index (χ1) is 22.2. The summed E-state index contributed by atoms with van der Waals surface area (Å²) in [6, 6.07) is 15.8. The van der Waals surface area contributed by atoms with E-state index < -0.39 is 11.5 Å². The number of imidazole rings is 1. The maximum Gasteiger partial charge on any atom is 0.331 e. The van der Waals surface area contributed by atoms with Gasteiger partial charge in [-0.2, -0.15) is 0 Å². The van der Waals surface area contributed by atoms with Crippen molar-refractivity contribution in [1.29, 1.82) is 0 Å². The second-order valence-electron chi connectivity index (χ2n) is 12.9. The van der Waals surface area contributed by atoms with Crippen molar-refractivity contribution in [3.63, 3.8) is 0 Å². The summed E-state index contributed by atoms with van der Waals surface area (Å²) in [7, 11) is 5.67. The van der Waals surface area contributed by atoms with E-state index in [2.05, 4.69) is 34.0 Å². The lowest BCUT2D eigenvalue weighted by Gasteiger charge is -2.41. The van der Waals surface area contributed by atoms with Crippen molar-refractivity contribution >= 4 is 39.9 Å². The summed E-state index contributed by atoms with van der Waals surface area (Å²) >= 11 is 0. The van der Waals surface area contributed by atoms with E-state index in [4.69, 9.17) is 9.72 Å². The summed E-state index contributed by atoms with van der Waals surface area (Å²) in [5, 5.41) is 13.9. The Balaban J connectivity index is 1.24. The normalized spacial score (nSPS) is 16.6. The van der Waals surface area contributed by atoms with Gasteiger partial charge in [0.15, 0.2) is 0 Å². The number of amides is 1. The van der Waals surface area contributed by atoms with Gasteiger partial charge < -0.3 is 24.3 Å². The molecule has 0 saturated heterocycles. The molecule has 1 amide bonds. The summed E-state index contributed by atoms with van der Waals surface area (Å²) in [4.78, 5) is 34.8. The molecule has 2 saturated carbocycles. The van der Waals surface area contributed by atoms with Crippen LogP contribution in [0.5, 0.6) is 5.88 Å². The number of pyridine rings is 1. The molecule has 3 heterocycles. The molecule has 2 N–H and O–H groups in total. The standard InChI is InChI=1S/C37H39N5O4/c1-22(35(44)45)18-23-10-14-28-30(19-23)42(3)36(39-28)37(16-7-17-37)40-34(43)25-11-13-27-29(20-25)41(2)33(32(27)24-8-5-6-9-24)26-12-15-31(46-4)38-21-26/h10-15,18-21,24H,5-9,16-17H2,1-4H3,(H,40,43)(H,44,45)/b22-18+. The highest BCUT2D eigenvalue weighted by Gasteiger charge is 2.44. The number of rotatable bonds is 8. The van der Waals surface area contributed by atoms with E-state index in [1.807, 2.05) is 54.2 Å². The van der Waals surface area contributed by atoms with Gasteiger partial charge in [-0.05, 0) is 92.5 Å². The Kier molecular flexibility index (Phi) is 7.42. The first-order valence-electron chi connectivity index (χ1n) is 16.0. The van der Waals surface area contributed by atoms with E-state index in [0.717, 1.165) is 71.3 Å². The molecule has 0 aliphatic heterocycles. The second-order valence-corrected chi connectivity index (χ2v) is 12.9. The van der Waals surface area contributed by atoms with Gasteiger partial charge in [0.25, 0.3) is 5.91 Å². The number of carbonyl (C=O) groups is 2. The van der Waals surface area contributed by atoms with E-state index in [1.54, 1.807) is 20.1 Å². The molecule has 2 aromatic carbocycles. The van der Waals surface area contributed by atoms with Crippen molar-refractivity contribution in [2.75, 3.05) is 7.11 Å². The lowest BCUT2D eigenvalue weighted by Crippen LogP contribution is -2.52. The van der Waals surface area contributed by atoms with Crippen molar-refractivity contribution in [2.24, 2.45) is 14.1 Å². The molecule has 2 aliphatic carbocycles. The molecular weight excluding hydrogens is 578 g/mol. The molecule has 0 spiro atoms. The Labute approximate surface area is 267 Å². The van der Waals surface area contributed by atoms with Crippen molar-refractivity contribution < 1.29 is 19.4 Å². The SMILES string of the molecule is COc1ccc(-c2c(C3CCCC3)c3ccc(C(=O)NC4(c5nc6ccc(/C=C(\C)C(=O)O)cc6n5C)CCC4)cc3n2C)cn1. The van der Waals surface area contributed by atoms with Crippen LogP contribution in [0.25, 0.3) is 39.3 Å². The molecule has 7 rings (SSSR count). The van der Waals surface area contributed by atoms with Crippen LogP contribution in [0, 0.1) is 0 Å². The van der Waals surface area contributed by atoms with Gasteiger partial charge in [-0.1, -0.05) is 25.0 Å². The van der Waals surface area contributed by atoms with Gasteiger partial charge in [0.2, 0.25) is 5.88 Å². The topological polar surface area (TPSA) is 111 Å². The number of carboxylic acids is 1. The Hall–Kier alpha value is -4.92. The van der Waals surface area contributed by atoms with Crippen LogP contribution in [0.1, 0.15) is 85.1 Å². The van der Waals surface area contributed by atoms with Crippen molar-refractivity contribution in [3.05, 3.63) is 82.8 Å². The van der Waals surface area contributed by atoms with Gasteiger partial charge in [0.1, 0.15) is 5.82 Å². The minimum Gasteiger partial charge on any atom is -0.481 e. The maximum absolute atomic E-state index is 14.0. The van der Waals surface area contributed by atoms with Crippen LogP contribution in [0.15, 0.2) is 60.3 Å². The minimum absolute atomic E-state index is 0.120. The van der Waals surface area contributed by atoms with Crippen molar-refractivity contribution in [1.82, 2.24) is 24.4 Å². The highest BCUT2D eigenvalue weighted by molar-refractivity contribution is 6.01. The first kappa shape index (κ1) is 29.8. The van der Waals surface area contributed by atoms with E-state index >= 15 is 0 Å². The Bertz CT molecular complexity index is 2020. The van der Waals surface area contributed by atoms with Crippen molar-refractivity contribution in [2.45, 2.75) is 63.3 Å². The molecule has 0 atom stereocenters. The molecule has 3 aromatic heterocycles. The van der Waals surface area contributed by atoms with Crippen molar-refractivity contribution in [3.8, 4) is 17.1 Å². The zero-order valence-corrected chi connectivity index (χ0v) is 26.8. The summed E-state index contributed by atoms with van der Waals surface area (Å²) < 4.78 is 9.56. The average Bonchev–Trinajstić information content (AvgIpc) is 3.76. The van der Waals surface area contributed by atoms with Crippen LogP contribution >= 0.6 is 0 Å². The second kappa shape index (κ2) is 11.5. The van der Waals surface area contributed by atoms with Crippen LogP contribution in [-0.2, 0) is 24.4 Å². The molecule has 0 unspecified atom stereocenters. The third-order valence-electron chi connectivity index (χ3n) is 10.1. The molecule has 9 nitrogen and oxygen atoms in total. The van der Waals surface area contributed by atoms with Gasteiger partial charge in [-0.25, -0.2) is 14.8 Å². The van der Waals surface area contributed by atoms with Crippen LogP contribution in [-0.4, -0.2) is 43.2 Å². The number of nitrogens with one attached hydrogen (secondary N) is 1. The van der Waals surface area contributed by atoms with Crippen LogP contribution in [0.3, 0.4) is 0 Å². The largest absolute Gasteiger partial charge is 0.481 e. The third kappa shape index (κ3) is 4.94. The Morgan fingerprint density at radius 2 is 1.78 bits per heavy atom. The van der Waals surface area contributed by atoms with Gasteiger partial charge in [-0.15, -0.1) is 0 Å². The minimum atomic E-state index is -0.945. The number of ether oxygens (including phenoxy) is 1. The Morgan fingerprint density at radius 1 is 1.00 bits per heavy atom. The molecule has 2 aliphatic rings. The molecular formula is C37H39N5O4. The van der Waals surface area contributed by atoms with Crippen LogP contribution in [0.2, 0.25) is 0 Å². The number of nitrogens with zero attached hydrogens (tertiary/aromatic N) is 4. The predicted octanol–water partition coefficient (Wildman–Crippen LogP) is 7.09. The zero-order valence-electron chi connectivity index (χ0n) is 26.8. The number of fused-ring (bicyclic) bond motifs is 2. The van der Waals surface area contributed by atoms with E-state index in [-0.39, 0.29) is 11.5 Å². The number of hydrogen-bond acceptors (Lipinski definition) is 5. The van der Waals surface area contributed by atoms with Gasteiger partial charge >= 0.3 is 5.97 Å². The summed E-state index contributed by atoms with van der Waals surface area (Å²) in [5.41, 5.74) is 7.38. The fourth-order valence-corrected chi connectivity index (χ4v) is 7.49. The molecule has 46 heavy (non-hydrogen) atoms. The Morgan fingerprint density at radius 3 is 2.43 bits per heavy atom.